The van der Waals surface area contributed by atoms with Crippen molar-refractivity contribution in [1.29, 1.82) is 0 Å². The molecule has 3 heterocycles. The van der Waals surface area contributed by atoms with Gasteiger partial charge in [-0.15, -0.1) is 0 Å². The van der Waals surface area contributed by atoms with Crippen LogP contribution < -0.4 is 4.90 Å². The van der Waals surface area contributed by atoms with E-state index in [1.807, 2.05) is 24.3 Å². The molecule has 1 aromatic heterocycles. The summed E-state index contributed by atoms with van der Waals surface area (Å²) >= 11 is 0. The van der Waals surface area contributed by atoms with Crippen LogP contribution in [0.5, 0.6) is 0 Å². The Bertz CT molecular complexity index is 753. The van der Waals surface area contributed by atoms with Gasteiger partial charge in [-0.25, -0.2) is 4.39 Å². The molecule has 0 unspecified atom stereocenters. The van der Waals surface area contributed by atoms with Gasteiger partial charge in [0.15, 0.2) is 0 Å². The van der Waals surface area contributed by atoms with Crippen molar-refractivity contribution in [3.05, 3.63) is 60.2 Å². The van der Waals surface area contributed by atoms with Crippen LogP contribution in [0.3, 0.4) is 0 Å². The Morgan fingerprint density at radius 2 is 2.04 bits per heavy atom. The van der Waals surface area contributed by atoms with E-state index in [4.69, 9.17) is 4.74 Å². The number of hydrogen-bond acceptors (Lipinski definition) is 4. The predicted molar refractivity (Wildman–Crippen MR) is 96.1 cm³/mol. The second kappa shape index (κ2) is 7.51. The van der Waals surface area contributed by atoms with Gasteiger partial charge in [0.25, 0.3) is 0 Å². The van der Waals surface area contributed by atoms with E-state index in [0.717, 1.165) is 30.8 Å². The Morgan fingerprint density at radius 3 is 2.81 bits per heavy atom. The molecule has 2 fully saturated rings. The van der Waals surface area contributed by atoms with Crippen molar-refractivity contribution < 1.29 is 13.9 Å². The minimum absolute atomic E-state index is 0.0987. The zero-order valence-corrected chi connectivity index (χ0v) is 14.6. The standard InChI is InChI=1S/C20H22FN3O2/c21-16-5-3-15(4-6-16)13-23-9-7-18-19(14-23)26-11-10-24(20(18)25)17-2-1-8-22-12-17/h1-6,8,12,18-19H,7,9-11,13-14H2/t18-,19+/m1/s1. The number of piperidine rings is 1. The monoisotopic (exact) mass is 355 g/mol. The molecule has 1 amide bonds. The molecule has 0 saturated carbocycles. The molecular weight excluding hydrogens is 333 g/mol. The molecule has 4 rings (SSSR count). The quantitative estimate of drug-likeness (QED) is 0.849. The first kappa shape index (κ1) is 17.1. The third-order valence-electron chi connectivity index (χ3n) is 5.15. The Labute approximate surface area is 152 Å². The Morgan fingerprint density at radius 1 is 1.19 bits per heavy atom. The number of ether oxygens (including phenoxy) is 1. The summed E-state index contributed by atoms with van der Waals surface area (Å²) in [5.74, 6) is -0.218. The first-order valence-corrected chi connectivity index (χ1v) is 9.00. The number of amides is 1. The van der Waals surface area contributed by atoms with E-state index in [-0.39, 0.29) is 23.7 Å². The lowest BCUT2D eigenvalue weighted by Crippen LogP contribution is -2.49. The lowest BCUT2D eigenvalue weighted by molar-refractivity contribution is -0.128. The maximum Gasteiger partial charge on any atom is 0.232 e. The van der Waals surface area contributed by atoms with Crippen LogP contribution in [0.4, 0.5) is 10.1 Å². The van der Waals surface area contributed by atoms with E-state index in [1.165, 1.54) is 12.1 Å². The summed E-state index contributed by atoms with van der Waals surface area (Å²) in [5.41, 5.74) is 1.90. The number of aromatic nitrogens is 1. The molecule has 26 heavy (non-hydrogen) atoms. The van der Waals surface area contributed by atoms with Crippen LogP contribution in [0.25, 0.3) is 0 Å². The molecule has 2 saturated heterocycles. The predicted octanol–water partition coefficient (Wildman–Crippen LogP) is 2.47. The number of benzene rings is 1. The molecule has 0 spiro atoms. The summed E-state index contributed by atoms with van der Waals surface area (Å²) in [6.07, 6.45) is 4.10. The van der Waals surface area contributed by atoms with Crippen LogP contribution in [-0.4, -0.2) is 48.1 Å². The number of rotatable bonds is 3. The van der Waals surface area contributed by atoms with E-state index < -0.39 is 0 Å². The Balaban J connectivity index is 1.44. The highest BCUT2D eigenvalue weighted by molar-refractivity contribution is 5.95. The SMILES string of the molecule is O=C1[C@@H]2CCN(Cc3ccc(F)cc3)C[C@@H]2OCCN1c1cccnc1. The molecule has 2 aromatic rings. The van der Waals surface area contributed by atoms with E-state index in [2.05, 4.69) is 9.88 Å². The lowest BCUT2D eigenvalue weighted by Gasteiger charge is -2.37. The van der Waals surface area contributed by atoms with Crippen LogP contribution in [-0.2, 0) is 16.1 Å². The summed E-state index contributed by atoms with van der Waals surface area (Å²) in [6, 6.07) is 10.3. The van der Waals surface area contributed by atoms with Crippen molar-refractivity contribution in [2.75, 3.05) is 31.1 Å². The molecule has 0 bridgehead atoms. The topological polar surface area (TPSA) is 45.7 Å². The maximum absolute atomic E-state index is 13.1. The number of carbonyl (C=O) groups is 1. The summed E-state index contributed by atoms with van der Waals surface area (Å²) in [5, 5.41) is 0. The fourth-order valence-corrected chi connectivity index (χ4v) is 3.80. The highest BCUT2D eigenvalue weighted by atomic mass is 19.1. The number of hydrogen-bond donors (Lipinski definition) is 0. The van der Waals surface area contributed by atoms with Crippen molar-refractivity contribution in [2.45, 2.75) is 19.1 Å². The minimum atomic E-state index is -0.222. The molecule has 0 radical (unpaired) electrons. The number of halogens is 1. The van der Waals surface area contributed by atoms with E-state index in [0.29, 0.717) is 19.7 Å². The Kier molecular flexibility index (Phi) is 4.95. The van der Waals surface area contributed by atoms with Crippen LogP contribution >= 0.6 is 0 Å². The number of anilines is 1. The van der Waals surface area contributed by atoms with Crippen LogP contribution in [0.15, 0.2) is 48.8 Å². The molecule has 136 valence electrons. The first-order valence-electron chi connectivity index (χ1n) is 9.00. The molecule has 6 heteroatoms. The normalized spacial score (nSPS) is 24.2. The minimum Gasteiger partial charge on any atom is -0.374 e. The molecule has 2 aliphatic heterocycles. The van der Waals surface area contributed by atoms with Gasteiger partial charge < -0.3 is 9.64 Å². The number of nitrogens with zero attached hydrogens (tertiary/aromatic N) is 3. The smallest absolute Gasteiger partial charge is 0.232 e. The second-order valence-corrected chi connectivity index (χ2v) is 6.87. The van der Waals surface area contributed by atoms with Crippen molar-refractivity contribution in [2.24, 2.45) is 5.92 Å². The molecule has 2 atom stereocenters. The highest BCUT2D eigenvalue weighted by Gasteiger charge is 2.39. The van der Waals surface area contributed by atoms with E-state index >= 15 is 0 Å². The largest absolute Gasteiger partial charge is 0.374 e. The molecule has 5 nitrogen and oxygen atoms in total. The molecule has 2 aliphatic rings. The fraction of sp³-hybridized carbons (Fsp3) is 0.400. The number of pyridine rings is 1. The third kappa shape index (κ3) is 3.61. The summed E-state index contributed by atoms with van der Waals surface area (Å²) in [7, 11) is 0. The average molecular weight is 355 g/mol. The number of carbonyl (C=O) groups excluding carboxylic acids is 1. The van der Waals surface area contributed by atoms with Crippen LogP contribution in [0.2, 0.25) is 0 Å². The van der Waals surface area contributed by atoms with Gasteiger partial charge in [0.1, 0.15) is 5.82 Å². The van der Waals surface area contributed by atoms with Gasteiger partial charge >= 0.3 is 0 Å². The Hall–Kier alpha value is -2.31. The number of fused-ring (bicyclic) bond motifs is 1. The second-order valence-electron chi connectivity index (χ2n) is 6.87. The highest BCUT2D eigenvalue weighted by Crippen LogP contribution is 2.28. The van der Waals surface area contributed by atoms with E-state index in [1.54, 1.807) is 17.3 Å². The number of likely N-dealkylation sites (tertiary alicyclic amines) is 1. The zero-order chi connectivity index (χ0) is 17.9. The summed E-state index contributed by atoms with van der Waals surface area (Å²) in [6.45, 7) is 3.36. The summed E-state index contributed by atoms with van der Waals surface area (Å²) < 4.78 is 19.1. The van der Waals surface area contributed by atoms with Crippen molar-refractivity contribution in [1.82, 2.24) is 9.88 Å². The average Bonchev–Trinajstić information content (AvgIpc) is 2.83. The summed E-state index contributed by atoms with van der Waals surface area (Å²) in [4.78, 5) is 21.2. The first-order chi connectivity index (χ1) is 12.7. The molecule has 0 N–H and O–H groups in total. The van der Waals surface area contributed by atoms with Crippen molar-refractivity contribution in [3.8, 4) is 0 Å². The maximum atomic E-state index is 13.1. The lowest BCUT2D eigenvalue weighted by atomic mass is 9.92. The van der Waals surface area contributed by atoms with Crippen LogP contribution in [0.1, 0.15) is 12.0 Å². The van der Waals surface area contributed by atoms with Gasteiger partial charge in [0, 0.05) is 25.8 Å². The van der Waals surface area contributed by atoms with Gasteiger partial charge in [0.2, 0.25) is 5.91 Å². The molecular formula is C20H22FN3O2. The van der Waals surface area contributed by atoms with Gasteiger partial charge in [-0.3, -0.25) is 14.7 Å². The van der Waals surface area contributed by atoms with Gasteiger partial charge in [-0.2, -0.15) is 0 Å². The van der Waals surface area contributed by atoms with Gasteiger partial charge in [0.05, 0.1) is 30.5 Å². The van der Waals surface area contributed by atoms with Crippen molar-refractivity contribution in [3.63, 3.8) is 0 Å². The van der Waals surface area contributed by atoms with Crippen LogP contribution in [0, 0.1) is 11.7 Å². The zero-order valence-electron chi connectivity index (χ0n) is 14.6. The third-order valence-corrected chi connectivity index (χ3v) is 5.15. The fourth-order valence-electron chi connectivity index (χ4n) is 3.80. The van der Waals surface area contributed by atoms with E-state index in [9.17, 15) is 9.18 Å². The molecule has 0 aliphatic carbocycles. The van der Waals surface area contributed by atoms with Gasteiger partial charge in [-0.05, 0) is 42.8 Å². The van der Waals surface area contributed by atoms with Crippen molar-refractivity contribution >= 4 is 11.6 Å². The van der Waals surface area contributed by atoms with Gasteiger partial charge in [-0.1, -0.05) is 12.1 Å². The molecule has 1 aromatic carbocycles.